The molecule has 112 valence electrons. The minimum absolute atomic E-state index is 0.0844. The average molecular weight is 288 g/mol. The molecule has 0 spiro atoms. The normalized spacial score (nSPS) is 18.8. The Morgan fingerprint density at radius 2 is 2.00 bits per heavy atom. The Morgan fingerprint density at radius 3 is 2.62 bits per heavy atom. The smallest absolute Gasteiger partial charge is 0.326 e. The van der Waals surface area contributed by atoms with Crippen molar-refractivity contribution in [1.29, 1.82) is 0 Å². The number of amides is 2. The molecule has 0 heterocycles. The van der Waals surface area contributed by atoms with Crippen molar-refractivity contribution < 1.29 is 14.7 Å². The van der Waals surface area contributed by atoms with Crippen LogP contribution in [0.1, 0.15) is 24.8 Å². The quantitative estimate of drug-likeness (QED) is 0.726. The van der Waals surface area contributed by atoms with Crippen LogP contribution in [0.2, 0.25) is 0 Å². The maximum atomic E-state index is 11.9. The van der Waals surface area contributed by atoms with Crippen molar-refractivity contribution in [2.24, 2.45) is 0 Å². The predicted molar refractivity (Wildman–Crippen MR) is 80.0 cm³/mol. The van der Waals surface area contributed by atoms with Gasteiger partial charge in [-0.1, -0.05) is 42.5 Å². The topological polar surface area (TPSA) is 78.4 Å². The molecule has 0 aliphatic heterocycles. The third kappa shape index (κ3) is 4.95. The van der Waals surface area contributed by atoms with Crippen molar-refractivity contribution in [2.75, 3.05) is 0 Å². The molecule has 1 aromatic carbocycles. The zero-order chi connectivity index (χ0) is 15.1. The van der Waals surface area contributed by atoms with Gasteiger partial charge in [0.25, 0.3) is 0 Å². The molecule has 5 heteroatoms. The van der Waals surface area contributed by atoms with Crippen molar-refractivity contribution in [3.63, 3.8) is 0 Å². The molecule has 0 saturated heterocycles. The monoisotopic (exact) mass is 288 g/mol. The van der Waals surface area contributed by atoms with Gasteiger partial charge >= 0.3 is 12.0 Å². The van der Waals surface area contributed by atoms with E-state index in [1.165, 1.54) is 0 Å². The Morgan fingerprint density at radius 1 is 1.24 bits per heavy atom. The highest BCUT2D eigenvalue weighted by molar-refractivity contribution is 5.82. The summed E-state index contributed by atoms with van der Waals surface area (Å²) in [7, 11) is 0. The van der Waals surface area contributed by atoms with Crippen LogP contribution in [0, 0.1) is 0 Å². The fraction of sp³-hybridized carbons (Fsp3) is 0.375. The van der Waals surface area contributed by atoms with E-state index in [1.54, 1.807) is 0 Å². The molecule has 1 aliphatic carbocycles. The maximum absolute atomic E-state index is 11.9. The molecule has 5 nitrogen and oxygen atoms in total. The number of aliphatic carboxylic acids is 1. The lowest BCUT2D eigenvalue weighted by molar-refractivity contribution is -0.139. The molecule has 0 aromatic heterocycles. The van der Waals surface area contributed by atoms with E-state index in [4.69, 9.17) is 0 Å². The predicted octanol–water partition coefficient (Wildman–Crippen LogP) is 2.09. The summed E-state index contributed by atoms with van der Waals surface area (Å²) < 4.78 is 0. The van der Waals surface area contributed by atoms with Crippen LogP contribution in [0.25, 0.3) is 0 Å². The molecule has 0 radical (unpaired) electrons. The van der Waals surface area contributed by atoms with E-state index in [1.807, 2.05) is 36.4 Å². The van der Waals surface area contributed by atoms with Gasteiger partial charge in [0.15, 0.2) is 0 Å². The second-order valence-corrected chi connectivity index (χ2v) is 5.18. The summed E-state index contributed by atoms with van der Waals surface area (Å²) in [6, 6.07) is 8.01. The van der Waals surface area contributed by atoms with Crippen LogP contribution in [0.4, 0.5) is 4.79 Å². The van der Waals surface area contributed by atoms with Gasteiger partial charge in [-0.2, -0.15) is 0 Å². The lowest BCUT2D eigenvalue weighted by atomic mass is 10.0. The third-order valence-corrected chi connectivity index (χ3v) is 3.49. The highest BCUT2D eigenvalue weighted by Crippen LogP contribution is 2.10. The number of carboxylic acid groups (broad SMARTS) is 1. The Kier molecular flexibility index (Phi) is 5.37. The Labute approximate surface area is 124 Å². The van der Waals surface area contributed by atoms with E-state index >= 15 is 0 Å². The van der Waals surface area contributed by atoms with Crippen LogP contribution in [0.15, 0.2) is 42.5 Å². The van der Waals surface area contributed by atoms with Gasteiger partial charge in [0.2, 0.25) is 0 Å². The Balaban J connectivity index is 1.88. The fourth-order valence-electron chi connectivity index (χ4n) is 2.36. The number of urea groups is 1. The minimum Gasteiger partial charge on any atom is -0.480 e. The molecule has 0 bridgehead atoms. The second-order valence-electron chi connectivity index (χ2n) is 5.18. The fourth-order valence-corrected chi connectivity index (χ4v) is 2.36. The first kappa shape index (κ1) is 15.1. The maximum Gasteiger partial charge on any atom is 0.326 e. The SMILES string of the molecule is O=C(NC1CC=CCC1)NC(Cc1ccccc1)C(=O)O. The van der Waals surface area contributed by atoms with Crippen LogP contribution in [-0.4, -0.2) is 29.2 Å². The molecule has 2 amide bonds. The summed E-state index contributed by atoms with van der Waals surface area (Å²) in [4.78, 5) is 23.2. The molecule has 0 saturated carbocycles. The van der Waals surface area contributed by atoms with E-state index in [-0.39, 0.29) is 12.5 Å². The van der Waals surface area contributed by atoms with Gasteiger partial charge in [-0.15, -0.1) is 0 Å². The van der Waals surface area contributed by atoms with Crippen LogP contribution in [0.3, 0.4) is 0 Å². The molecular formula is C16H20N2O3. The van der Waals surface area contributed by atoms with Crippen molar-refractivity contribution >= 4 is 12.0 Å². The van der Waals surface area contributed by atoms with Gasteiger partial charge in [-0.05, 0) is 24.8 Å². The summed E-state index contributed by atoms with van der Waals surface area (Å²) in [5.74, 6) is -1.03. The first-order chi connectivity index (χ1) is 10.1. The minimum atomic E-state index is -1.03. The Hall–Kier alpha value is -2.30. The summed E-state index contributed by atoms with van der Waals surface area (Å²) in [6.45, 7) is 0. The van der Waals surface area contributed by atoms with Gasteiger partial charge in [-0.25, -0.2) is 9.59 Å². The largest absolute Gasteiger partial charge is 0.480 e. The van der Waals surface area contributed by atoms with Crippen molar-refractivity contribution in [3.05, 3.63) is 48.0 Å². The highest BCUT2D eigenvalue weighted by Gasteiger charge is 2.21. The number of carbonyl (C=O) groups is 2. The first-order valence-electron chi connectivity index (χ1n) is 7.14. The zero-order valence-corrected chi connectivity index (χ0v) is 11.8. The number of hydrogen-bond acceptors (Lipinski definition) is 2. The summed E-state index contributed by atoms with van der Waals surface area (Å²) in [6.07, 6.45) is 7.02. The molecule has 3 N–H and O–H groups in total. The molecule has 0 fully saturated rings. The summed E-state index contributed by atoms with van der Waals surface area (Å²) in [5.41, 5.74) is 0.880. The van der Waals surface area contributed by atoms with E-state index in [9.17, 15) is 14.7 Å². The van der Waals surface area contributed by atoms with Gasteiger partial charge in [0.1, 0.15) is 6.04 Å². The molecule has 2 atom stereocenters. The van der Waals surface area contributed by atoms with Crippen LogP contribution < -0.4 is 10.6 Å². The van der Waals surface area contributed by atoms with E-state index in [0.717, 1.165) is 24.8 Å². The molecular weight excluding hydrogens is 268 g/mol. The van der Waals surface area contributed by atoms with E-state index < -0.39 is 18.0 Å². The number of hydrogen-bond donors (Lipinski definition) is 3. The van der Waals surface area contributed by atoms with E-state index in [2.05, 4.69) is 16.7 Å². The number of carboxylic acids is 1. The molecule has 1 aliphatic rings. The van der Waals surface area contributed by atoms with E-state index in [0.29, 0.717) is 0 Å². The molecule has 2 rings (SSSR count). The number of allylic oxidation sites excluding steroid dienone is 1. The lowest BCUT2D eigenvalue weighted by Crippen LogP contribution is -2.50. The summed E-state index contributed by atoms with van der Waals surface area (Å²) >= 11 is 0. The third-order valence-electron chi connectivity index (χ3n) is 3.49. The number of benzene rings is 1. The summed E-state index contributed by atoms with van der Waals surface area (Å²) in [5, 5.41) is 14.6. The average Bonchev–Trinajstić information content (AvgIpc) is 2.48. The molecule has 1 aromatic rings. The number of nitrogens with one attached hydrogen (secondary N) is 2. The molecule has 21 heavy (non-hydrogen) atoms. The van der Waals surface area contributed by atoms with Gasteiger partial charge < -0.3 is 15.7 Å². The van der Waals surface area contributed by atoms with Gasteiger partial charge in [0.05, 0.1) is 0 Å². The van der Waals surface area contributed by atoms with Crippen LogP contribution in [-0.2, 0) is 11.2 Å². The Bertz CT molecular complexity index is 514. The first-order valence-corrected chi connectivity index (χ1v) is 7.14. The number of rotatable bonds is 5. The zero-order valence-electron chi connectivity index (χ0n) is 11.8. The van der Waals surface area contributed by atoms with Gasteiger partial charge in [-0.3, -0.25) is 0 Å². The lowest BCUT2D eigenvalue weighted by Gasteiger charge is -2.21. The highest BCUT2D eigenvalue weighted by atomic mass is 16.4. The van der Waals surface area contributed by atoms with Crippen LogP contribution in [0.5, 0.6) is 0 Å². The van der Waals surface area contributed by atoms with Crippen molar-refractivity contribution in [1.82, 2.24) is 10.6 Å². The van der Waals surface area contributed by atoms with Crippen LogP contribution >= 0.6 is 0 Å². The standard InChI is InChI=1S/C16H20N2O3/c19-15(20)14(11-12-7-3-1-4-8-12)18-16(21)17-13-9-5-2-6-10-13/h1-5,7-8,13-14H,6,9-11H2,(H,19,20)(H2,17,18,21). The second kappa shape index (κ2) is 7.47. The molecule has 2 unspecified atom stereocenters. The van der Waals surface area contributed by atoms with Gasteiger partial charge in [0, 0.05) is 12.5 Å². The van der Waals surface area contributed by atoms with Crippen molar-refractivity contribution in [3.8, 4) is 0 Å². The number of carbonyl (C=O) groups excluding carboxylic acids is 1. The van der Waals surface area contributed by atoms with Crippen molar-refractivity contribution in [2.45, 2.75) is 37.8 Å².